The van der Waals surface area contributed by atoms with Crippen LogP contribution in [0.25, 0.3) is 32.6 Å². The number of hydrogen-bond donors (Lipinski definition) is 0. The highest BCUT2D eigenvalue weighted by Gasteiger charge is 2.23. The SMILES string of the molecule is O=c1cc2ccc3cccn4c3c2c2c1ccc[n+]2C4. The first kappa shape index (κ1) is 10.1. The molecule has 3 heterocycles. The van der Waals surface area contributed by atoms with E-state index in [9.17, 15) is 4.79 Å². The molecule has 0 radical (unpaired) electrons. The second kappa shape index (κ2) is 3.25. The predicted molar refractivity (Wildman–Crippen MR) is 78.8 cm³/mol. The van der Waals surface area contributed by atoms with Gasteiger partial charge in [0.2, 0.25) is 12.2 Å². The van der Waals surface area contributed by atoms with Crippen LogP contribution < -0.4 is 10.00 Å². The third-order valence-corrected chi connectivity index (χ3v) is 4.24. The highest BCUT2D eigenvalue weighted by atomic mass is 16.1. The molecule has 0 bridgehead atoms. The van der Waals surface area contributed by atoms with E-state index in [2.05, 4.69) is 33.5 Å². The third-order valence-electron chi connectivity index (χ3n) is 4.24. The molecule has 2 aromatic carbocycles. The molecule has 3 heteroatoms. The van der Waals surface area contributed by atoms with E-state index >= 15 is 0 Å². The summed E-state index contributed by atoms with van der Waals surface area (Å²) in [4.78, 5) is 12.3. The fourth-order valence-corrected chi connectivity index (χ4v) is 3.41. The van der Waals surface area contributed by atoms with Crippen LogP contribution >= 0.6 is 0 Å². The second-order valence-electron chi connectivity index (χ2n) is 5.34. The third kappa shape index (κ3) is 1.06. The molecule has 0 atom stereocenters. The van der Waals surface area contributed by atoms with Gasteiger partial charge in [-0.3, -0.25) is 9.36 Å². The van der Waals surface area contributed by atoms with Gasteiger partial charge in [0.1, 0.15) is 0 Å². The van der Waals surface area contributed by atoms with Crippen LogP contribution in [0.1, 0.15) is 0 Å². The lowest BCUT2D eigenvalue weighted by atomic mass is 10.0. The van der Waals surface area contributed by atoms with Gasteiger partial charge in [0.05, 0.1) is 16.3 Å². The Morgan fingerprint density at radius 2 is 1.95 bits per heavy atom. The van der Waals surface area contributed by atoms with Crippen LogP contribution in [-0.4, -0.2) is 4.57 Å². The van der Waals surface area contributed by atoms with E-state index < -0.39 is 0 Å². The Morgan fingerprint density at radius 1 is 1.05 bits per heavy atom. The van der Waals surface area contributed by atoms with Crippen LogP contribution in [0.5, 0.6) is 0 Å². The highest BCUT2D eigenvalue weighted by Crippen LogP contribution is 2.30. The minimum Gasteiger partial charge on any atom is -0.291 e. The first-order valence-corrected chi connectivity index (χ1v) is 6.70. The summed E-state index contributed by atoms with van der Waals surface area (Å²) in [5.74, 6) is 0. The lowest BCUT2D eigenvalue weighted by Crippen LogP contribution is -2.40. The Kier molecular flexibility index (Phi) is 1.65. The monoisotopic (exact) mass is 259 g/mol. The topological polar surface area (TPSA) is 25.9 Å². The van der Waals surface area contributed by atoms with Gasteiger partial charge in [-0.05, 0) is 29.0 Å². The van der Waals surface area contributed by atoms with Crippen LogP contribution in [0.3, 0.4) is 0 Å². The van der Waals surface area contributed by atoms with Gasteiger partial charge in [0.25, 0.3) is 0 Å². The Morgan fingerprint density at radius 3 is 2.90 bits per heavy atom. The average molecular weight is 259 g/mol. The number of aromatic nitrogens is 2. The summed E-state index contributed by atoms with van der Waals surface area (Å²) in [6.07, 6.45) is 4.14. The predicted octanol–water partition coefficient (Wildman–Crippen LogP) is 2.41. The van der Waals surface area contributed by atoms with E-state index in [1.54, 1.807) is 6.07 Å². The molecule has 0 saturated heterocycles. The molecule has 94 valence electrons. The molecule has 0 unspecified atom stereocenters. The van der Waals surface area contributed by atoms with Crippen molar-refractivity contribution >= 4 is 32.6 Å². The Labute approximate surface area is 114 Å². The van der Waals surface area contributed by atoms with Crippen LogP contribution in [-0.2, 0) is 6.67 Å². The molecule has 0 aliphatic carbocycles. The van der Waals surface area contributed by atoms with Crippen LogP contribution in [0.15, 0.2) is 59.7 Å². The largest absolute Gasteiger partial charge is 0.291 e. The lowest BCUT2D eigenvalue weighted by molar-refractivity contribution is -0.675. The van der Waals surface area contributed by atoms with Crippen molar-refractivity contribution in [3.63, 3.8) is 0 Å². The molecule has 0 spiro atoms. The summed E-state index contributed by atoms with van der Waals surface area (Å²) in [5.41, 5.74) is 2.39. The van der Waals surface area contributed by atoms with Crippen molar-refractivity contribution < 1.29 is 4.57 Å². The van der Waals surface area contributed by atoms with E-state index in [-0.39, 0.29) is 5.43 Å². The number of pyridine rings is 2. The minimum absolute atomic E-state index is 0.102. The summed E-state index contributed by atoms with van der Waals surface area (Å²) >= 11 is 0. The van der Waals surface area contributed by atoms with Gasteiger partial charge in [-0.1, -0.05) is 18.2 Å². The molecule has 1 aliphatic heterocycles. The fourth-order valence-electron chi connectivity index (χ4n) is 3.41. The molecule has 20 heavy (non-hydrogen) atoms. The molecule has 3 nitrogen and oxygen atoms in total. The van der Waals surface area contributed by atoms with E-state index in [1.807, 2.05) is 24.4 Å². The summed E-state index contributed by atoms with van der Waals surface area (Å²) < 4.78 is 4.40. The first-order chi connectivity index (χ1) is 9.83. The van der Waals surface area contributed by atoms with Gasteiger partial charge >= 0.3 is 0 Å². The maximum atomic E-state index is 12.3. The molecule has 5 rings (SSSR count). The minimum atomic E-state index is 0.102. The van der Waals surface area contributed by atoms with Gasteiger partial charge in [0, 0.05) is 12.3 Å². The fraction of sp³-hybridized carbons (Fsp3) is 0.0588. The van der Waals surface area contributed by atoms with Crippen molar-refractivity contribution in [1.82, 2.24) is 4.57 Å². The standard InChI is InChI=1S/C17H11N2O/c20-14-9-12-6-5-11-3-1-7-18-10-19-8-2-4-13(14)17(19)15(12)16(11)18/h1-9H,10H2/q+1. The van der Waals surface area contributed by atoms with E-state index in [4.69, 9.17) is 0 Å². The zero-order valence-electron chi connectivity index (χ0n) is 10.7. The van der Waals surface area contributed by atoms with Gasteiger partial charge < -0.3 is 0 Å². The van der Waals surface area contributed by atoms with Crippen LogP contribution in [0, 0.1) is 0 Å². The summed E-state index contributed by atoms with van der Waals surface area (Å²) in [5, 5.41) is 4.23. The van der Waals surface area contributed by atoms with Crippen molar-refractivity contribution in [2.45, 2.75) is 6.67 Å². The summed E-state index contributed by atoms with van der Waals surface area (Å²) in [6.45, 7) is 0.754. The molecule has 2 aromatic heterocycles. The van der Waals surface area contributed by atoms with Gasteiger partial charge in [-0.2, -0.15) is 4.57 Å². The van der Waals surface area contributed by atoms with Crippen molar-refractivity contribution in [2.75, 3.05) is 0 Å². The quantitative estimate of drug-likeness (QED) is 0.310. The normalized spacial score (nSPS) is 13.0. The smallest absolute Gasteiger partial charge is 0.228 e. The van der Waals surface area contributed by atoms with Crippen molar-refractivity contribution in [1.29, 1.82) is 0 Å². The zero-order valence-corrected chi connectivity index (χ0v) is 10.7. The summed E-state index contributed by atoms with van der Waals surface area (Å²) in [6, 6.07) is 14.0. The molecule has 1 aliphatic rings. The maximum Gasteiger partial charge on any atom is 0.228 e. The van der Waals surface area contributed by atoms with Crippen molar-refractivity contribution in [3.8, 4) is 0 Å². The van der Waals surface area contributed by atoms with Gasteiger partial charge in [-0.25, -0.2) is 0 Å². The van der Waals surface area contributed by atoms with Crippen LogP contribution in [0.4, 0.5) is 0 Å². The number of rotatable bonds is 0. The molecule has 0 amide bonds. The van der Waals surface area contributed by atoms with E-state index in [1.165, 1.54) is 16.3 Å². The Balaban J connectivity index is 2.29. The van der Waals surface area contributed by atoms with Crippen LogP contribution in [0.2, 0.25) is 0 Å². The number of nitrogens with zero attached hydrogens (tertiary/aromatic N) is 2. The molecule has 0 saturated carbocycles. The lowest BCUT2D eigenvalue weighted by Gasteiger charge is -2.16. The zero-order chi connectivity index (χ0) is 13.3. The average Bonchev–Trinajstić information content (AvgIpc) is 2.48. The van der Waals surface area contributed by atoms with E-state index in [0.717, 1.165) is 23.0 Å². The molecular weight excluding hydrogens is 248 g/mol. The molecule has 0 fully saturated rings. The van der Waals surface area contributed by atoms with Gasteiger partial charge in [-0.15, -0.1) is 0 Å². The van der Waals surface area contributed by atoms with Crippen molar-refractivity contribution in [2.24, 2.45) is 0 Å². The summed E-state index contributed by atoms with van der Waals surface area (Å²) in [7, 11) is 0. The second-order valence-corrected chi connectivity index (χ2v) is 5.34. The Bertz CT molecular complexity index is 1090. The molecular formula is C17H11N2O+. The Hall–Kier alpha value is -2.68. The highest BCUT2D eigenvalue weighted by molar-refractivity contribution is 6.16. The van der Waals surface area contributed by atoms with Gasteiger partial charge in [0.15, 0.2) is 11.6 Å². The van der Waals surface area contributed by atoms with E-state index in [0.29, 0.717) is 0 Å². The molecule has 4 aromatic rings. The number of hydrogen-bond acceptors (Lipinski definition) is 1. The number of benzene rings is 2. The van der Waals surface area contributed by atoms with Crippen molar-refractivity contribution in [3.05, 3.63) is 65.1 Å². The maximum absolute atomic E-state index is 12.3. The molecule has 0 N–H and O–H groups in total. The first-order valence-electron chi connectivity index (χ1n) is 6.70.